The quantitative estimate of drug-likeness (QED) is 0.808. The molecule has 132 valence electrons. The summed E-state index contributed by atoms with van der Waals surface area (Å²) in [5.41, 5.74) is 1.24. The second kappa shape index (κ2) is 8.65. The number of carbonyl (C=O) groups is 3. The molecule has 1 heterocycles. The van der Waals surface area contributed by atoms with Crippen LogP contribution >= 0.6 is 12.4 Å². The van der Waals surface area contributed by atoms with Crippen LogP contribution in [0.3, 0.4) is 0 Å². The van der Waals surface area contributed by atoms with Gasteiger partial charge in [0.2, 0.25) is 11.8 Å². The molecular formula is C16H22ClN3O4. The average molecular weight is 356 g/mol. The van der Waals surface area contributed by atoms with E-state index in [0.717, 1.165) is 6.42 Å². The van der Waals surface area contributed by atoms with Crippen molar-refractivity contribution in [3.63, 3.8) is 0 Å². The van der Waals surface area contributed by atoms with Crippen molar-refractivity contribution in [3.05, 3.63) is 24.3 Å². The van der Waals surface area contributed by atoms with Crippen LogP contribution in [-0.2, 0) is 14.4 Å². The van der Waals surface area contributed by atoms with Gasteiger partial charge in [-0.3, -0.25) is 19.3 Å². The molecule has 1 unspecified atom stereocenters. The third-order valence-corrected chi connectivity index (χ3v) is 3.95. The van der Waals surface area contributed by atoms with Gasteiger partial charge in [0.15, 0.2) is 0 Å². The summed E-state index contributed by atoms with van der Waals surface area (Å²) in [6.45, 7) is 2.11. The van der Waals surface area contributed by atoms with E-state index in [1.165, 1.54) is 11.8 Å². The number of anilines is 2. The zero-order chi connectivity index (χ0) is 17.0. The maximum absolute atomic E-state index is 12.1. The lowest BCUT2D eigenvalue weighted by Crippen LogP contribution is -2.40. The number of likely N-dealkylation sites (N-methyl/N-ethyl adjacent to an activating group) is 1. The molecule has 24 heavy (non-hydrogen) atoms. The highest BCUT2D eigenvalue weighted by molar-refractivity contribution is 6.02. The van der Waals surface area contributed by atoms with Crippen molar-refractivity contribution in [1.82, 2.24) is 4.90 Å². The Balaban J connectivity index is 0.00000288. The monoisotopic (exact) mass is 355 g/mol. The van der Waals surface area contributed by atoms with Crippen molar-refractivity contribution in [3.8, 4) is 0 Å². The second-order valence-corrected chi connectivity index (χ2v) is 5.64. The Kier molecular flexibility index (Phi) is 7.18. The van der Waals surface area contributed by atoms with Gasteiger partial charge in [-0.2, -0.15) is 0 Å². The van der Waals surface area contributed by atoms with Crippen molar-refractivity contribution in [2.24, 2.45) is 0 Å². The van der Waals surface area contributed by atoms with Crippen LogP contribution in [0.1, 0.15) is 19.8 Å². The number of benzene rings is 1. The number of rotatable bonds is 6. The molecular weight excluding hydrogens is 334 g/mol. The SMILES string of the molecule is CC(C(=O)O)N(C)CC(=O)Nc1ccccc1N1CCCC1=O.Cl. The predicted octanol–water partition coefficient (Wildman–Crippen LogP) is 1.58. The van der Waals surface area contributed by atoms with Crippen molar-refractivity contribution in [1.29, 1.82) is 0 Å². The first-order valence-corrected chi connectivity index (χ1v) is 7.52. The van der Waals surface area contributed by atoms with Gasteiger partial charge in [0.05, 0.1) is 17.9 Å². The number of nitrogens with zero attached hydrogens (tertiary/aromatic N) is 2. The van der Waals surface area contributed by atoms with E-state index in [-0.39, 0.29) is 30.8 Å². The summed E-state index contributed by atoms with van der Waals surface area (Å²) in [6, 6.07) is 6.37. The third kappa shape index (κ3) is 4.69. The van der Waals surface area contributed by atoms with Crippen molar-refractivity contribution in [2.75, 3.05) is 30.4 Å². The lowest BCUT2D eigenvalue weighted by molar-refractivity contribution is -0.142. The third-order valence-electron chi connectivity index (χ3n) is 3.95. The predicted molar refractivity (Wildman–Crippen MR) is 93.6 cm³/mol. The number of hydrogen-bond donors (Lipinski definition) is 2. The van der Waals surface area contributed by atoms with E-state index in [0.29, 0.717) is 24.3 Å². The number of nitrogens with one attached hydrogen (secondary N) is 1. The smallest absolute Gasteiger partial charge is 0.320 e. The Morgan fingerprint density at radius 1 is 1.38 bits per heavy atom. The highest BCUT2D eigenvalue weighted by Crippen LogP contribution is 2.29. The fourth-order valence-corrected chi connectivity index (χ4v) is 2.46. The first-order chi connectivity index (χ1) is 10.9. The molecule has 2 rings (SSSR count). The molecule has 0 radical (unpaired) electrons. The number of aliphatic carboxylic acids is 1. The summed E-state index contributed by atoms with van der Waals surface area (Å²) in [4.78, 5) is 38.1. The van der Waals surface area contributed by atoms with Gasteiger partial charge in [-0.25, -0.2) is 0 Å². The number of halogens is 1. The molecule has 0 aliphatic carbocycles. The van der Waals surface area contributed by atoms with Gasteiger partial charge < -0.3 is 15.3 Å². The maximum atomic E-state index is 12.1. The van der Waals surface area contributed by atoms with Crippen LogP contribution in [-0.4, -0.2) is 54.0 Å². The van der Waals surface area contributed by atoms with Crippen LogP contribution in [0.5, 0.6) is 0 Å². The van der Waals surface area contributed by atoms with E-state index in [4.69, 9.17) is 5.11 Å². The van der Waals surface area contributed by atoms with Crippen LogP contribution in [0.4, 0.5) is 11.4 Å². The number of para-hydroxylation sites is 2. The molecule has 1 fully saturated rings. The van der Waals surface area contributed by atoms with Crippen LogP contribution in [0.25, 0.3) is 0 Å². The molecule has 2 N–H and O–H groups in total. The van der Waals surface area contributed by atoms with Crippen LogP contribution < -0.4 is 10.2 Å². The van der Waals surface area contributed by atoms with Gasteiger partial charge in [0, 0.05) is 13.0 Å². The van der Waals surface area contributed by atoms with E-state index in [1.807, 2.05) is 6.07 Å². The van der Waals surface area contributed by atoms with Crippen molar-refractivity contribution in [2.45, 2.75) is 25.8 Å². The zero-order valence-corrected chi connectivity index (χ0v) is 14.5. The Labute approximate surface area is 147 Å². The fraction of sp³-hybridized carbons (Fsp3) is 0.438. The van der Waals surface area contributed by atoms with Crippen LogP contribution in [0.2, 0.25) is 0 Å². The Morgan fingerprint density at radius 3 is 2.62 bits per heavy atom. The van der Waals surface area contributed by atoms with E-state index in [2.05, 4.69) is 5.32 Å². The minimum Gasteiger partial charge on any atom is -0.480 e. The largest absolute Gasteiger partial charge is 0.480 e. The van der Waals surface area contributed by atoms with Gasteiger partial charge in [0.25, 0.3) is 0 Å². The van der Waals surface area contributed by atoms with Gasteiger partial charge in [-0.15, -0.1) is 12.4 Å². The van der Waals surface area contributed by atoms with Gasteiger partial charge in [-0.1, -0.05) is 12.1 Å². The molecule has 8 heteroatoms. The second-order valence-electron chi connectivity index (χ2n) is 5.64. The standard InChI is InChI=1S/C16H21N3O4.ClH/c1-11(16(22)23)18(2)10-14(20)17-12-6-3-4-7-13(12)19-9-5-8-15(19)21;/h3-4,6-7,11H,5,8-10H2,1-2H3,(H,17,20)(H,22,23);1H. The lowest BCUT2D eigenvalue weighted by Gasteiger charge is -2.22. The van der Waals surface area contributed by atoms with Gasteiger partial charge in [0.1, 0.15) is 6.04 Å². The summed E-state index contributed by atoms with van der Waals surface area (Å²) in [5, 5.41) is 11.7. The number of amides is 2. The topological polar surface area (TPSA) is 89.9 Å². The van der Waals surface area contributed by atoms with Crippen molar-refractivity contribution >= 4 is 41.6 Å². The molecule has 0 saturated carbocycles. The maximum Gasteiger partial charge on any atom is 0.320 e. The summed E-state index contributed by atoms with van der Waals surface area (Å²) in [7, 11) is 1.58. The van der Waals surface area contributed by atoms with Crippen LogP contribution in [0, 0.1) is 0 Å². The molecule has 0 bridgehead atoms. The molecule has 1 aliphatic rings. The summed E-state index contributed by atoms with van der Waals surface area (Å²) in [6.07, 6.45) is 1.32. The minimum absolute atomic E-state index is 0. The van der Waals surface area contributed by atoms with Crippen LogP contribution in [0.15, 0.2) is 24.3 Å². The highest BCUT2D eigenvalue weighted by Gasteiger charge is 2.25. The normalized spacial score (nSPS) is 15.1. The first-order valence-electron chi connectivity index (χ1n) is 7.52. The molecule has 0 aromatic heterocycles. The minimum atomic E-state index is -0.983. The summed E-state index contributed by atoms with van der Waals surface area (Å²) in [5.74, 6) is -1.26. The molecule has 1 atom stereocenters. The van der Waals surface area contributed by atoms with E-state index >= 15 is 0 Å². The van der Waals surface area contributed by atoms with Gasteiger partial charge in [-0.05, 0) is 32.5 Å². The molecule has 0 spiro atoms. The van der Waals surface area contributed by atoms with E-state index in [1.54, 1.807) is 30.1 Å². The number of hydrogen-bond acceptors (Lipinski definition) is 4. The Morgan fingerprint density at radius 2 is 2.04 bits per heavy atom. The Bertz CT molecular complexity index is 623. The van der Waals surface area contributed by atoms with Gasteiger partial charge >= 0.3 is 5.97 Å². The Hall–Kier alpha value is -2.12. The molecule has 1 aromatic rings. The summed E-state index contributed by atoms with van der Waals surface area (Å²) < 4.78 is 0. The highest BCUT2D eigenvalue weighted by atomic mass is 35.5. The number of carboxylic acids is 1. The average Bonchev–Trinajstić information content (AvgIpc) is 2.92. The number of carboxylic acid groups (broad SMARTS) is 1. The molecule has 2 amide bonds. The molecule has 1 aliphatic heterocycles. The van der Waals surface area contributed by atoms with E-state index in [9.17, 15) is 14.4 Å². The molecule has 1 aromatic carbocycles. The lowest BCUT2D eigenvalue weighted by atomic mass is 10.2. The molecule has 7 nitrogen and oxygen atoms in total. The summed E-state index contributed by atoms with van der Waals surface area (Å²) >= 11 is 0. The fourth-order valence-electron chi connectivity index (χ4n) is 2.46. The zero-order valence-electron chi connectivity index (χ0n) is 13.7. The van der Waals surface area contributed by atoms with E-state index < -0.39 is 12.0 Å². The first kappa shape index (κ1) is 19.9. The van der Waals surface area contributed by atoms with Crippen molar-refractivity contribution < 1.29 is 19.5 Å². The number of carbonyl (C=O) groups excluding carboxylic acids is 2. The molecule has 1 saturated heterocycles.